The third-order valence-corrected chi connectivity index (χ3v) is 4.05. The van der Waals surface area contributed by atoms with Crippen molar-refractivity contribution in [1.82, 2.24) is 0 Å². The van der Waals surface area contributed by atoms with Gasteiger partial charge >= 0.3 is 0 Å². The molecule has 2 rings (SSSR count). The van der Waals surface area contributed by atoms with Crippen LogP contribution in [0.4, 0.5) is 0 Å². The Labute approximate surface area is 127 Å². The number of hydrogen-bond donors (Lipinski definition) is 2. The molecule has 0 spiro atoms. The fourth-order valence-corrected chi connectivity index (χ4v) is 2.89. The number of aromatic hydroxyl groups is 1. The number of phenols is 1. The first-order valence-electron chi connectivity index (χ1n) is 7.44. The first-order valence-corrected chi connectivity index (χ1v) is 7.44. The van der Waals surface area contributed by atoms with Gasteiger partial charge in [0.05, 0.1) is 6.61 Å². The maximum absolute atomic E-state index is 10.3. The average molecular weight is 284 g/mol. The van der Waals surface area contributed by atoms with E-state index >= 15 is 0 Å². The quantitative estimate of drug-likeness (QED) is 0.881. The summed E-state index contributed by atoms with van der Waals surface area (Å²) in [4.78, 5) is 0. The van der Waals surface area contributed by atoms with Crippen molar-refractivity contribution in [3.8, 4) is 5.75 Å². The van der Waals surface area contributed by atoms with Gasteiger partial charge in [0.1, 0.15) is 5.75 Å². The van der Waals surface area contributed by atoms with Crippen LogP contribution < -0.4 is 0 Å². The predicted octanol–water partition coefficient (Wildman–Crippen LogP) is 4.26. The van der Waals surface area contributed by atoms with Gasteiger partial charge in [-0.15, -0.1) is 0 Å². The minimum Gasteiger partial charge on any atom is -0.508 e. The fraction of sp³-hybridized carbons (Fsp3) is 0.368. The van der Waals surface area contributed by atoms with Crippen LogP contribution in [0.2, 0.25) is 0 Å². The van der Waals surface area contributed by atoms with Gasteiger partial charge < -0.3 is 10.2 Å². The minimum absolute atomic E-state index is 0.0154. The summed E-state index contributed by atoms with van der Waals surface area (Å²) in [5, 5.41) is 20.1. The second-order valence-electron chi connectivity index (χ2n) is 6.07. The van der Waals surface area contributed by atoms with Gasteiger partial charge in [-0.3, -0.25) is 0 Å². The Bertz CT molecular complexity index is 589. The standard InChI is InChI=1S/C19H24O2/c1-12(2)15-5-7-16(8-6-15)17(11-20)19-14(4)9-13(3)10-18(19)21/h5-10,12,17,20-21H,11H2,1-4H3. The molecule has 2 aromatic carbocycles. The van der Waals surface area contributed by atoms with Crippen LogP contribution in [-0.2, 0) is 0 Å². The van der Waals surface area contributed by atoms with Gasteiger partial charge in [0.15, 0.2) is 0 Å². The lowest BCUT2D eigenvalue weighted by Gasteiger charge is -2.20. The average Bonchev–Trinajstić information content (AvgIpc) is 2.42. The summed E-state index contributed by atoms with van der Waals surface area (Å²) in [6.07, 6.45) is 0. The predicted molar refractivity (Wildman–Crippen MR) is 87.0 cm³/mol. The summed E-state index contributed by atoms with van der Waals surface area (Å²) < 4.78 is 0. The van der Waals surface area contributed by atoms with Crippen molar-refractivity contribution >= 4 is 0 Å². The molecule has 21 heavy (non-hydrogen) atoms. The smallest absolute Gasteiger partial charge is 0.120 e. The van der Waals surface area contributed by atoms with Crippen LogP contribution in [0.3, 0.4) is 0 Å². The molecule has 1 atom stereocenters. The molecule has 0 amide bonds. The zero-order chi connectivity index (χ0) is 15.6. The van der Waals surface area contributed by atoms with Gasteiger partial charge in [0.25, 0.3) is 0 Å². The number of aryl methyl sites for hydroxylation is 2. The van der Waals surface area contributed by atoms with Crippen molar-refractivity contribution in [3.63, 3.8) is 0 Å². The summed E-state index contributed by atoms with van der Waals surface area (Å²) in [7, 11) is 0. The van der Waals surface area contributed by atoms with Gasteiger partial charge in [0, 0.05) is 11.5 Å². The summed E-state index contributed by atoms with van der Waals surface area (Å²) in [5.41, 5.74) is 5.17. The lowest BCUT2D eigenvalue weighted by molar-refractivity contribution is 0.277. The van der Waals surface area contributed by atoms with E-state index in [1.54, 1.807) is 6.07 Å². The van der Waals surface area contributed by atoms with Crippen molar-refractivity contribution in [1.29, 1.82) is 0 Å². The monoisotopic (exact) mass is 284 g/mol. The zero-order valence-electron chi connectivity index (χ0n) is 13.2. The van der Waals surface area contributed by atoms with E-state index in [9.17, 15) is 10.2 Å². The van der Waals surface area contributed by atoms with E-state index in [1.165, 1.54) is 5.56 Å². The summed E-state index contributed by atoms with van der Waals surface area (Å²) in [6.45, 7) is 8.25. The highest BCUT2D eigenvalue weighted by atomic mass is 16.3. The van der Waals surface area contributed by atoms with Gasteiger partial charge in [-0.1, -0.05) is 44.2 Å². The molecule has 1 unspecified atom stereocenters. The number of aliphatic hydroxyl groups is 1. The Morgan fingerprint density at radius 3 is 2.00 bits per heavy atom. The van der Waals surface area contributed by atoms with Crippen LogP contribution in [0.5, 0.6) is 5.75 Å². The second kappa shape index (κ2) is 6.31. The van der Waals surface area contributed by atoms with E-state index in [4.69, 9.17) is 0 Å². The lowest BCUT2D eigenvalue weighted by atomic mass is 9.86. The highest BCUT2D eigenvalue weighted by molar-refractivity contribution is 5.48. The molecule has 2 heteroatoms. The molecule has 0 saturated carbocycles. The van der Waals surface area contributed by atoms with Gasteiger partial charge in [-0.05, 0) is 48.1 Å². The van der Waals surface area contributed by atoms with Crippen LogP contribution in [0.15, 0.2) is 36.4 Å². The van der Waals surface area contributed by atoms with E-state index in [2.05, 4.69) is 38.1 Å². The van der Waals surface area contributed by atoms with Crippen molar-refractivity contribution < 1.29 is 10.2 Å². The number of benzene rings is 2. The Kier molecular flexibility index (Phi) is 4.69. The zero-order valence-corrected chi connectivity index (χ0v) is 13.2. The van der Waals surface area contributed by atoms with Crippen molar-refractivity contribution in [2.45, 2.75) is 39.5 Å². The topological polar surface area (TPSA) is 40.5 Å². The van der Waals surface area contributed by atoms with Crippen LogP contribution >= 0.6 is 0 Å². The summed E-state index contributed by atoms with van der Waals surface area (Å²) >= 11 is 0. The van der Waals surface area contributed by atoms with E-state index in [0.29, 0.717) is 5.92 Å². The number of phenolic OH excluding ortho intramolecular Hbond substituents is 1. The molecule has 0 fully saturated rings. The third kappa shape index (κ3) is 3.27. The van der Waals surface area contributed by atoms with Crippen molar-refractivity contribution in [3.05, 3.63) is 64.2 Å². The maximum atomic E-state index is 10.3. The second-order valence-corrected chi connectivity index (χ2v) is 6.07. The summed E-state index contributed by atoms with van der Waals surface area (Å²) in [6, 6.07) is 12.1. The molecule has 0 bridgehead atoms. The Balaban J connectivity index is 2.45. The molecular formula is C19H24O2. The van der Waals surface area contributed by atoms with Crippen LogP contribution in [0.25, 0.3) is 0 Å². The number of aliphatic hydroxyl groups excluding tert-OH is 1. The largest absolute Gasteiger partial charge is 0.508 e. The molecule has 0 aliphatic carbocycles. The van der Waals surface area contributed by atoms with Crippen molar-refractivity contribution in [2.75, 3.05) is 6.61 Å². The molecule has 0 aliphatic heterocycles. The van der Waals surface area contributed by atoms with E-state index in [0.717, 1.165) is 22.3 Å². The SMILES string of the molecule is Cc1cc(C)c(C(CO)c2ccc(C(C)C)cc2)c(O)c1. The Hall–Kier alpha value is -1.80. The van der Waals surface area contributed by atoms with Crippen LogP contribution in [-0.4, -0.2) is 16.8 Å². The van der Waals surface area contributed by atoms with Crippen molar-refractivity contribution in [2.24, 2.45) is 0 Å². The molecule has 0 heterocycles. The highest BCUT2D eigenvalue weighted by Crippen LogP contribution is 2.35. The first-order chi connectivity index (χ1) is 9.93. The lowest BCUT2D eigenvalue weighted by Crippen LogP contribution is -2.09. The van der Waals surface area contributed by atoms with E-state index in [-0.39, 0.29) is 18.3 Å². The van der Waals surface area contributed by atoms with Crippen LogP contribution in [0, 0.1) is 13.8 Å². The third-order valence-electron chi connectivity index (χ3n) is 4.05. The number of hydrogen-bond acceptors (Lipinski definition) is 2. The first kappa shape index (κ1) is 15.6. The Morgan fingerprint density at radius 2 is 1.52 bits per heavy atom. The molecule has 2 nitrogen and oxygen atoms in total. The Morgan fingerprint density at radius 1 is 0.952 bits per heavy atom. The van der Waals surface area contributed by atoms with Gasteiger partial charge in [-0.2, -0.15) is 0 Å². The van der Waals surface area contributed by atoms with Gasteiger partial charge in [-0.25, -0.2) is 0 Å². The molecule has 0 saturated heterocycles. The van der Waals surface area contributed by atoms with Gasteiger partial charge in [0.2, 0.25) is 0 Å². The fourth-order valence-electron chi connectivity index (χ4n) is 2.89. The molecule has 0 aliphatic rings. The minimum atomic E-state index is -0.188. The normalized spacial score (nSPS) is 12.7. The molecule has 0 aromatic heterocycles. The van der Waals surface area contributed by atoms with Crippen LogP contribution in [0.1, 0.15) is 53.5 Å². The molecule has 2 N–H and O–H groups in total. The highest BCUT2D eigenvalue weighted by Gasteiger charge is 2.19. The molecule has 112 valence electrons. The van der Waals surface area contributed by atoms with E-state index < -0.39 is 0 Å². The number of rotatable bonds is 4. The summed E-state index contributed by atoms with van der Waals surface area (Å²) in [5.74, 6) is 0.562. The van der Waals surface area contributed by atoms with E-state index in [1.807, 2.05) is 19.9 Å². The molecule has 2 aromatic rings. The molecular weight excluding hydrogens is 260 g/mol. The molecule has 0 radical (unpaired) electrons. The maximum Gasteiger partial charge on any atom is 0.120 e.